The zero-order chi connectivity index (χ0) is 26.9. The maximum Gasteiger partial charge on any atom is 0.526 e. The number of imide groups is 1. The predicted octanol–water partition coefficient (Wildman–Crippen LogP) is 1.22. The molecule has 0 radical (unpaired) electrons. The third-order valence-corrected chi connectivity index (χ3v) is 6.93. The SMILES string of the molecule is CCN1CCN(C(=O)NC(C(=O)C[C@H]2Cc3cccc(C)c3OB2O)c2ccc(=O)[nH]c2Cl)C(=O)C1=O. The second-order valence-electron chi connectivity index (χ2n) is 9.02. The highest BCUT2D eigenvalue weighted by Gasteiger charge is 2.40. The second kappa shape index (κ2) is 10.8. The first-order valence-electron chi connectivity index (χ1n) is 11.9. The number of hydrogen-bond acceptors (Lipinski definition) is 7. The zero-order valence-corrected chi connectivity index (χ0v) is 21.1. The molecule has 0 spiro atoms. The highest BCUT2D eigenvalue weighted by Crippen LogP contribution is 2.37. The summed E-state index contributed by atoms with van der Waals surface area (Å²) in [5.74, 6) is -2.41. The van der Waals surface area contributed by atoms with Crippen LogP contribution in [0, 0.1) is 6.92 Å². The zero-order valence-electron chi connectivity index (χ0n) is 20.3. The monoisotopic (exact) mass is 528 g/mol. The molecule has 4 rings (SSSR count). The number of benzene rings is 1. The molecular formula is C24H26BClN4O7. The van der Waals surface area contributed by atoms with Gasteiger partial charge < -0.3 is 24.9 Å². The summed E-state index contributed by atoms with van der Waals surface area (Å²) < 4.78 is 5.67. The molecular weight excluding hydrogens is 503 g/mol. The Balaban J connectivity index is 1.58. The Morgan fingerprint density at radius 1 is 1.22 bits per heavy atom. The molecule has 1 saturated heterocycles. The topological polar surface area (TPSA) is 149 Å². The largest absolute Gasteiger partial charge is 0.536 e. The van der Waals surface area contributed by atoms with Crippen molar-refractivity contribution >= 4 is 42.3 Å². The molecule has 2 atom stereocenters. The molecule has 1 aromatic heterocycles. The summed E-state index contributed by atoms with van der Waals surface area (Å²) in [6, 6.07) is 5.70. The van der Waals surface area contributed by atoms with Gasteiger partial charge in [-0.25, -0.2) is 4.79 Å². The van der Waals surface area contributed by atoms with Gasteiger partial charge in [-0.05, 0) is 37.5 Å². The van der Waals surface area contributed by atoms with Crippen LogP contribution in [0.3, 0.4) is 0 Å². The summed E-state index contributed by atoms with van der Waals surface area (Å²) in [5, 5.41) is 12.9. The normalized spacial score (nSPS) is 18.3. The van der Waals surface area contributed by atoms with E-state index < -0.39 is 48.2 Å². The molecule has 194 valence electrons. The fourth-order valence-corrected chi connectivity index (χ4v) is 4.84. The van der Waals surface area contributed by atoms with Crippen LogP contribution in [0.1, 0.15) is 36.1 Å². The number of carbonyl (C=O) groups excluding carboxylic acids is 4. The van der Waals surface area contributed by atoms with Crippen molar-refractivity contribution in [3.63, 3.8) is 0 Å². The minimum Gasteiger partial charge on any atom is -0.536 e. The fraction of sp³-hybridized carbons (Fsp3) is 0.375. The van der Waals surface area contributed by atoms with E-state index in [2.05, 4.69) is 10.3 Å². The Morgan fingerprint density at radius 2 is 1.97 bits per heavy atom. The van der Waals surface area contributed by atoms with E-state index in [9.17, 15) is 29.0 Å². The molecule has 2 aromatic rings. The van der Waals surface area contributed by atoms with Crippen LogP contribution >= 0.6 is 11.6 Å². The molecule has 0 bridgehead atoms. The fourth-order valence-electron chi connectivity index (χ4n) is 4.58. The average molecular weight is 529 g/mol. The first kappa shape index (κ1) is 26.4. The number of urea groups is 1. The molecule has 0 saturated carbocycles. The van der Waals surface area contributed by atoms with Gasteiger partial charge in [0.05, 0.1) is 0 Å². The van der Waals surface area contributed by atoms with Crippen LogP contribution in [-0.4, -0.2) is 70.2 Å². The van der Waals surface area contributed by atoms with Crippen molar-refractivity contribution in [1.82, 2.24) is 20.1 Å². The standard InChI is InChI=1S/C24H26BClN4O7/c1-3-29-9-10-30(23(34)22(29)33)24(35)28-19(16-7-8-18(32)27-21(16)26)17(31)12-15-11-14-6-4-5-13(2)20(14)37-25(15)36/h4-8,15,19,36H,3,9-12H2,1-2H3,(H,27,32)(H,28,35)/t15-,19?/m1/s1. The summed E-state index contributed by atoms with van der Waals surface area (Å²) in [6.45, 7) is 4.01. The van der Waals surface area contributed by atoms with Gasteiger partial charge in [0.15, 0.2) is 5.78 Å². The van der Waals surface area contributed by atoms with Gasteiger partial charge in [0.25, 0.3) is 0 Å². The number of aromatic nitrogens is 1. The number of Topliss-reactive ketones (excluding diaryl/α,β-unsaturated/α-hetero) is 1. The molecule has 1 aromatic carbocycles. The third-order valence-electron chi connectivity index (χ3n) is 6.62. The number of nitrogens with one attached hydrogen (secondary N) is 2. The number of H-pyrrole nitrogens is 1. The number of para-hydroxylation sites is 1. The summed E-state index contributed by atoms with van der Waals surface area (Å²) in [6.07, 6.45) is 0.154. The number of pyridine rings is 1. The lowest BCUT2D eigenvalue weighted by atomic mass is 9.64. The number of amides is 4. The van der Waals surface area contributed by atoms with E-state index in [4.69, 9.17) is 16.3 Å². The molecule has 2 aliphatic rings. The van der Waals surface area contributed by atoms with Crippen molar-refractivity contribution in [3.05, 3.63) is 62.5 Å². The number of fused-ring (bicyclic) bond motifs is 1. The van der Waals surface area contributed by atoms with E-state index in [-0.39, 0.29) is 30.2 Å². The minimum absolute atomic E-state index is 0.0458. The number of carbonyl (C=O) groups is 4. The van der Waals surface area contributed by atoms with E-state index in [1.54, 1.807) is 6.92 Å². The van der Waals surface area contributed by atoms with Gasteiger partial charge in [0.1, 0.15) is 16.9 Å². The Hall–Kier alpha value is -3.64. The van der Waals surface area contributed by atoms with Gasteiger partial charge in [-0.3, -0.25) is 24.1 Å². The molecule has 11 nitrogen and oxygen atoms in total. The Labute approximate surface area is 217 Å². The summed E-state index contributed by atoms with van der Waals surface area (Å²) in [4.78, 5) is 67.5. The lowest BCUT2D eigenvalue weighted by Gasteiger charge is -2.33. The van der Waals surface area contributed by atoms with Crippen molar-refractivity contribution in [1.29, 1.82) is 0 Å². The van der Waals surface area contributed by atoms with Gasteiger partial charge in [0, 0.05) is 43.5 Å². The quantitative estimate of drug-likeness (QED) is 0.290. The molecule has 4 amide bonds. The maximum absolute atomic E-state index is 13.5. The van der Waals surface area contributed by atoms with Crippen LogP contribution in [0.15, 0.2) is 35.1 Å². The predicted molar refractivity (Wildman–Crippen MR) is 134 cm³/mol. The van der Waals surface area contributed by atoms with Crippen molar-refractivity contribution in [3.8, 4) is 5.75 Å². The molecule has 3 N–H and O–H groups in total. The lowest BCUT2D eigenvalue weighted by molar-refractivity contribution is -0.153. The number of halogens is 1. The van der Waals surface area contributed by atoms with Gasteiger partial charge in [-0.2, -0.15) is 0 Å². The molecule has 2 aliphatic heterocycles. The molecule has 0 aliphatic carbocycles. The number of piperazine rings is 1. The van der Waals surface area contributed by atoms with Gasteiger partial charge >= 0.3 is 25.0 Å². The summed E-state index contributed by atoms with van der Waals surface area (Å²) >= 11 is 6.21. The number of rotatable bonds is 6. The first-order valence-corrected chi connectivity index (χ1v) is 12.2. The minimum atomic E-state index is -1.37. The van der Waals surface area contributed by atoms with Gasteiger partial charge in [-0.15, -0.1) is 0 Å². The van der Waals surface area contributed by atoms with Crippen LogP contribution in [0.2, 0.25) is 11.0 Å². The van der Waals surface area contributed by atoms with E-state index in [0.717, 1.165) is 22.1 Å². The maximum atomic E-state index is 13.5. The second-order valence-corrected chi connectivity index (χ2v) is 9.40. The highest BCUT2D eigenvalue weighted by molar-refractivity contribution is 6.47. The highest BCUT2D eigenvalue weighted by atomic mass is 35.5. The van der Waals surface area contributed by atoms with Crippen molar-refractivity contribution in [2.75, 3.05) is 19.6 Å². The van der Waals surface area contributed by atoms with Gasteiger partial charge in [-0.1, -0.05) is 29.8 Å². The molecule has 3 heterocycles. The van der Waals surface area contributed by atoms with Crippen LogP contribution in [0.4, 0.5) is 4.79 Å². The molecule has 13 heteroatoms. The Morgan fingerprint density at radius 3 is 2.68 bits per heavy atom. The van der Waals surface area contributed by atoms with Crippen molar-refractivity contribution in [2.45, 2.75) is 38.5 Å². The number of aromatic amines is 1. The van der Waals surface area contributed by atoms with Crippen LogP contribution < -0.4 is 15.5 Å². The third kappa shape index (κ3) is 5.40. The number of aryl methyl sites for hydroxylation is 1. The summed E-state index contributed by atoms with van der Waals surface area (Å²) in [7, 11) is -1.26. The van der Waals surface area contributed by atoms with E-state index in [1.165, 1.54) is 11.0 Å². The van der Waals surface area contributed by atoms with Gasteiger partial charge in [0.2, 0.25) is 5.56 Å². The average Bonchev–Trinajstić information content (AvgIpc) is 2.85. The van der Waals surface area contributed by atoms with E-state index in [0.29, 0.717) is 18.7 Å². The first-order chi connectivity index (χ1) is 17.6. The Bertz CT molecular complexity index is 1320. The number of ketones is 1. The molecule has 37 heavy (non-hydrogen) atoms. The van der Waals surface area contributed by atoms with Crippen LogP contribution in [-0.2, 0) is 20.8 Å². The molecule has 1 fully saturated rings. The number of nitrogens with zero attached hydrogens (tertiary/aromatic N) is 2. The van der Waals surface area contributed by atoms with E-state index >= 15 is 0 Å². The Kier molecular flexibility index (Phi) is 7.69. The smallest absolute Gasteiger partial charge is 0.526 e. The van der Waals surface area contributed by atoms with Crippen molar-refractivity contribution < 1.29 is 28.9 Å². The lowest BCUT2D eigenvalue weighted by Crippen LogP contribution is -2.58. The van der Waals surface area contributed by atoms with Crippen molar-refractivity contribution in [2.24, 2.45) is 0 Å². The van der Waals surface area contributed by atoms with Crippen LogP contribution in [0.5, 0.6) is 5.75 Å². The van der Waals surface area contributed by atoms with Crippen LogP contribution in [0.25, 0.3) is 0 Å². The van der Waals surface area contributed by atoms with E-state index in [1.807, 2.05) is 25.1 Å². The number of likely N-dealkylation sites (N-methyl/N-ethyl adjacent to an activating group) is 1. The summed E-state index contributed by atoms with van der Waals surface area (Å²) in [5.41, 5.74) is 1.29. The molecule has 1 unspecified atom stereocenters. The number of hydrogen-bond donors (Lipinski definition) is 3.